The van der Waals surface area contributed by atoms with E-state index in [0.29, 0.717) is 6.04 Å². The number of ether oxygens (including phenoxy) is 1. The number of halogens is 1. The Morgan fingerprint density at radius 1 is 1.39 bits per heavy atom. The van der Waals surface area contributed by atoms with Gasteiger partial charge in [-0.05, 0) is 44.0 Å². The van der Waals surface area contributed by atoms with E-state index in [1.807, 2.05) is 13.0 Å². The second kappa shape index (κ2) is 6.86. The quantitative estimate of drug-likeness (QED) is 0.744. The Morgan fingerprint density at radius 2 is 2.28 bits per heavy atom. The normalized spacial score (nSPS) is 21.1. The molecule has 0 aliphatic carbocycles. The number of hydrogen-bond acceptors (Lipinski definition) is 2. The van der Waals surface area contributed by atoms with Crippen molar-refractivity contribution in [1.29, 1.82) is 0 Å². The van der Waals surface area contributed by atoms with Crippen LogP contribution in [0.4, 0.5) is 4.39 Å². The molecule has 0 radical (unpaired) electrons. The molecular weight excluding hydrogens is 229 g/mol. The Morgan fingerprint density at radius 3 is 3.06 bits per heavy atom. The topological polar surface area (TPSA) is 12.5 Å². The molecule has 2 rings (SSSR count). The Kier molecular flexibility index (Phi) is 5.14. The fourth-order valence-corrected chi connectivity index (χ4v) is 2.68. The van der Waals surface area contributed by atoms with Crippen LogP contribution in [-0.4, -0.2) is 31.2 Å². The molecule has 1 heterocycles. The first kappa shape index (κ1) is 13.5. The molecule has 0 amide bonds. The first-order valence-corrected chi connectivity index (χ1v) is 6.88. The van der Waals surface area contributed by atoms with Gasteiger partial charge in [-0.1, -0.05) is 18.6 Å². The summed E-state index contributed by atoms with van der Waals surface area (Å²) >= 11 is 0. The highest BCUT2D eigenvalue weighted by molar-refractivity contribution is 5.20. The van der Waals surface area contributed by atoms with Gasteiger partial charge in [0, 0.05) is 19.2 Å². The maximum absolute atomic E-state index is 13.3. The standard InChI is InChI=1S/C15H22FNO/c1-2-18-11-10-17-9-4-3-8-15(17)13-6-5-7-14(16)12-13/h5-7,12,15H,2-4,8-11H2,1H3. The number of hydrogen-bond donors (Lipinski definition) is 0. The number of nitrogens with zero attached hydrogens (tertiary/aromatic N) is 1. The number of piperidine rings is 1. The van der Waals surface area contributed by atoms with Crippen molar-refractivity contribution >= 4 is 0 Å². The summed E-state index contributed by atoms with van der Waals surface area (Å²) in [5.41, 5.74) is 1.10. The predicted molar refractivity (Wildman–Crippen MR) is 71.1 cm³/mol. The summed E-state index contributed by atoms with van der Waals surface area (Å²) in [7, 11) is 0. The van der Waals surface area contributed by atoms with Gasteiger partial charge in [-0.25, -0.2) is 4.39 Å². The smallest absolute Gasteiger partial charge is 0.123 e. The lowest BCUT2D eigenvalue weighted by molar-refractivity contribution is 0.0771. The third kappa shape index (κ3) is 3.53. The van der Waals surface area contributed by atoms with Gasteiger partial charge >= 0.3 is 0 Å². The molecule has 3 heteroatoms. The molecule has 0 saturated carbocycles. The van der Waals surface area contributed by atoms with E-state index < -0.39 is 0 Å². The Hall–Kier alpha value is -0.930. The number of likely N-dealkylation sites (tertiary alicyclic amines) is 1. The first-order valence-electron chi connectivity index (χ1n) is 6.88. The highest BCUT2D eigenvalue weighted by atomic mass is 19.1. The minimum absolute atomic E-state index is 0.136. The lowest BCUT2D eigenvalue weighted by Crippen LogP contribution is -2.36. The van der Waals surface area contributed by atoms with Crippen LogP contribution in [0.15, 0.2) is 24.3 Å². The number of benzene rings is 1. The van der Waals surface area contributed by atoms with Crippen LogP contribution in [-0.2, 0) is 4.74 Å². The van der Waals surface area contributed by atoms with Crippen molar-refractivity contribution in [2.45, 2.75) is 32.2 Å². The van der Waals surface area contributed by atoms with E-state index >= 15 is 0 Å². The van der Waals surface area contributed by atoms with Crippen LogP contribution in [0, 0.1) is 5.82 Å². The maximum atomic E-state index is 13.3. The van der Waals surface area contributed by atoms with Crippen LogP contribution in [0.3, 0.4) is 0 Å². The zero-order chi connectivity index (χ0) is 12.8. The molecule has 1 aromatic carbocycles. The van der Waals surface area contributed by atoms with Gasteiger partial charge in [0.2, 0.25) is 0 Å². The van der Waals surface area contributed by atoms with Gasteiger partial charge in [0.15, 0.2) is 0 Å². The molecule has 0 N–H and O–H groups in total. The second-order valence-corrected chi connectivity index (χ2v) is 4.80. The third-order valence-electron chi connectivity index (χ3n) is 3.57. The molecule has 1 saturated heterocycles. The number of rotatable bonds is 5. The monoisotopic (exact) mass is 251 g/mol. The lowest BCUT2D eigenvalue weighted by atomic mass is 9.95. The van der Waals surface area contributed by atoms with Crippen molar-refractivity contribution in [2.24, 2.45) is 0 Å². The summed E-state index contributed by atoms with van der Waals surface area (Å²) in [6, 6.07) is 7.38. The zero-order valence-corrected chi connectivity index (χ0v) is 11.1. The van der Waals surface area contributed by atoms with E-state index in [9.17, 15) is 4.39 Å². The molecule has 0 aromatic heterocycles. The highest BCUT2D eigenvalue weighted by Gasteiger charge is 2.23. The minimum Gasteiger partial charge on any atom is -0.380 e. The van der Waals surface area contributed by atoms with Crippen molar-refractivity contribution in [3.05, 3.63) is 35.6 Å². The van der Waals surface area contributed by atoms with Gasteiger partial charge in [0.25, 0.3) is 0 Å². The molecule has 0 spiro atoms. The lowest BCUT2D eigenvalue weighted by Gasteiger charge is -2.36. The molecule has 1 atom stereocenters. The second-order valence-electron chi connectivity index (χ2n) is 4.80. The summed E-state index contributed by atoms with van der Waals surface area (Å²) in [6.45, 7) is 5.57. The summed E-state index contributed by atoms with van der Waals surface area (Å²) < 4.78 is 18.7. The fourth-order valence-electron chi connectivity index (χ4n) is 2.68. The van der Waals surface area contributed by atoms with E-state index in [-0.39, 0.29) is 5.82 Å². The summed E-state index contributed by atoms with van der Waals surface area (Å²) in [5, 5.41) is 0. The first-order chi connectivity index (χ1) is 8.81. The fraction of sp³-hybridized carbons (Fsp3) is 0.600. The maximum Gasteiger partial charge on any atom is 0.123 e. The molecule has 1 aliphatic rings. The molecule has 2 nitrogen and oxygen atoms in total. The average Bonchev–Trinajstić information content (AvgIpc) is 2.40. The third-order valence-corrected chi connectivity index (χ3v) is 3.57. The molecule has 1 unspecified atom stereocenters. The van der Waals surface area contributed by atoms with Crippen LogP contribution in [0.1, 0.15) is 37.8 Å². The largest absolute Gasteiger partial charge is 0.380 e. The van der Waals surface area contributed by atoms with E-state index in [4.69, 9.17) is 4.74 Å². The van der Waals surface area contributed by atoms with Crippen LogP contribution in [0.5, 0.6) is 0 Å². The van der Waals surface area contributed by atoms with Crippen molar-refractivity contribution in [3.8, 4) is 0 Å². The Labute approximate surface area is 109 Å². The van der Waals surface area contributed by atoms with Crippen LogP contribution in [0.2, 0.25) is 0 Å². The molecule has 18 heavy (non-hydrogen) atoms. The molecule has 1 fully saturated rings. The molecule has 1 aromatic rings. The SMILES string of the molecule is CCOCCN1CCCCC1c1cccc(F)c1. The molecule has 100 valence electrons. The van der Waals surface area contributed by atoms with Crippen molar-refractivity contribution in [3.63, 3.8) is 0 Å². The van der Waals surface area contributed by atoms with E-state index in [1.165, 1.54) is 18.9 Å². The van der Waals surface area contributed by atoms with Gasteiger partial charge in [-0.15, -0.1) is 0 Å². The van der Waals surface area contributed by atoms with Crippen molar-refractivity contribution in [2.75, 3.05) is 26.3 Å². The van der Waals surface area contributed by atoms with Gasteiger partial charge in [-0.3, -0.25) is 4.90 Å². The van der Waals surface area contributed by atoms with Crippen LogP contribution in [0.25, 0.3) is 0 Å². The van der Waals surface area contributed by atoms with E-state index in [1.54, 1.807) is 12.1 Å². The average molecular weight is 251 g/mol. The molecule has 1 aliphatic heterocycles. The predicted octanol–water partition coefficient (Wildman–Crippen LogP) is 3.39. The minimum atomic E-state index is -0.136. The van der Waals surface area contributed by atoms with E-state index in [2.05, 4.69) is 4.90 Å². The zero-order valence-electron chi connectivity index (χ0n) is 11.1. The summed E-state index contributed by atoms with van der Waals surface area (Å²) in [4.78, 5) is 2.42. The van der Waals surface area contributed by atoms with Gasteiger partial charge < -0.3 is 4.74 Å². The van der Waals surface area contributed by atoms with Gasteiger partial charge in [0.05, 0.1) is 6.61 Å². The van der Waals surface area contributed by atoms with Crippen molar-refractivity contribution < 1.29 is 9.13 Å². The van der Waals surface area contributed by atoms with Crippen LogP contribution >= 0.6 is 0 Å². The highest BCUT2D eigenvalue weighted by Crippen LogP contribution is 2.30. The molecule has 0 bridgehead atoms. The van der Waals surface area contributed by atoms with Gasteiger partial charge in [0.1, 0.15) is 5.82 Å². The molecular formula is C15H22FNO. The van der Waals surface area contributed by atoms with E-state index in [0.717, 1.165) is 38.3 Å². The summed E-state index contributed by atoms with van der Waals surface area (Å²) in [6.07, 6.45) is 3.58. The summed E-state index contributed by atoms with van der Waals surface area (Å²) in [5.74, 6) is -0.136. The van der Waals surface area contributed by atoms with Crippen molar-refractivity contribution in [1.82, 2.24) is 4.90 Å². The van der Waals surface area contributed by atoms with Gasteiger partial charge in [-0.2, -0.15) is 0 Å². The van der Waals surface area contributed by atoms with Crippen LogP contribution < -0.4 is 0 Å². The Bertz CT molecular complexity index is 369. The Balaban J connectivity index is 2.03.